The number of nitrogens with zero attached hydrogens (tertiary/aromatic N) is 1. The van der Waals surface area contributed by atoms with E-state index in [1.54, 1.807) is 7.11 Å². The third-order valence-electron chi connectivity index (χ3n) is 2.18. The van der Waals surface area contributed by atoms with E-state index < -0.39 is 0 Å². The van der Waals surface area contributed by atoms with Gasteiger partial charge in [-0.25, -0.2) is 4.99 Å². The van der Waals surface area contributed by atoms with Crippen molar-refractivity contribution in [1.29, 1.82) is 0 Å². The Kier molecular flexibility index (Phi) is 6.01. The summed E-state index contributed by atoms with van der Waals surface area (Å²) < 4.78 is 6.25. The van der Waals surface area contributed by atoms with Gasteiger partial charge in [0.2, 0.25) is 0 Å². The van der Waals surface area contributed by atoms with E-state index in [4.69, 9.17) is 22.1 Å². The average molecular weight is 382 g/mol. The van der Waals surface area contributed by atoms with E-state index in [0.717, 1.165) is 14.9 Å². The van der Waals surface area contributed by atoms with E-state index in [9.17, 15) is 0 Å². The first-order chi connectivity index (χ1) is 8.43. The van der Waals surface area contributed by atoms with Gasteiger partial charge in [-0.05, 0) is 48.6 Å². The van der Waals surface area contributed by atoms with Crippen molar-refractivity contribution in [2.45, 2.75) is 26.4 Å². The minimum absolute atomic E-state index is 0.260. The lowest BCUT2D eigenvalue weighted by Crippen LogP contribution is -2.36. The third-order valence-corrected chi connectivity index (χ3v) is 3.70. The van der Waals surface area contributed by atoms with Gasteiger partial charge in [-0.2, -0.15) is 0 Å². The Morgan fingerprint density at radius 3 is 2.78 bits per heavy atom. The molecule has 0 atom stereocenters. The molecule has 0 aliphatic carbocycles. The summed E-state index contributed by atoms with van der Waals surface area (Å²) in [5.74, 6) is 1.19. The predicted molar refractivity (Wildman–Crippen MR) is 84.3 cm³/mol. The number of rotatable bonds is 4. The molecule has 0 saturated carbocycles. The van der Waals surface area contributed by atoms with Crippen molar-refractivity contribution < 1.29 is 4.74 Å². The molecule has 1 rings (SSSR count). The van der Waals surface area contributed by atoms with E-state index in [1.165, 1.54) is 0 Å². The first-order valence-electron chi connectivity index (χ1n) is 5.52. The summed E-state index contributed by atoms with van der Waals surface area (Å²) in [5.41, 5.74) is 6.66. The molecular weight excluding hydrogens is 365 g/mol. The van der Waals surface area contributed by atoms with E-state index in [1.807, 2.05) is 26.0 Å². The summed E-state index contributed by atoms with van der Waals surface area (Å²) >= 11 is 8.25. The second-order valence-electron chi connectivity index (χ2n) is 4.08. The van der Waals surface area contributed by atoms with Crippen LogP contribution in [0, 0.1) is 3.57 Å². The maximum Gasteiger partial charge on any atom is 0.189 e. The van der Waals surface area contributed by atoms with Gasteiger partial charge in [0, 0.05) is 15.2 Å². The van der Waals surface area contributed by atoms with Crippen molar-refractivity contribution in [3.05, 3.63) is 26.3 Å². The van der Waals surface area contributed by atoms with Gasteiger partial charge in [-0.1, -0.05) is 11.6 Å². The number of halogens is 2. The van der Waals surface area contributed by atoms with Crippen LogP contribution in [0.1, 0.15) is 19.4 Å². The molecule has 0 aromatic heterocycles. The van der Waals surface area contributed by atoms with Crippen LogP contribution in [0.3, 0.4) is 0 Å². The van der Waals surface area contributed by atoms with Crippen LogP contribution in [0.5, 0.6) is 5.75 Å². The van der Waals surface area contributed by atoms with Gasteiger partial charge in [0.05, 0.1) is 18.7 Å². The van der Waals surface area contributed by atoms with E-state index in [-0.39, 0.29) is 6.04 Å². The molecule has 0 spiro atoms. The van der Waals surface area contributed by atoms with Crippen LogP contribution >= 0.6 is 34.2 Å². The quantitative estimate of drug-likeness (QED) is 0.479. The molecular formula is C12H17ClIN3O. The van der Waals surface area contributed by atoms with Crippen LogP contribution in [0.15, 0.2) is 17.1 Å². The van der Waals surface area contributed by atoms with Gasteiger partial charge in [-0.3, -0.25) is 0 Å². The van der Waals surface area contributed by atoms with Gasteiger partial charge in [0.1, 0.15) is 5.75 Å². The zero-order valence-electron chi connectivity index (χ0n) is 10.6. The number of methoxy groups -OCH3 is 1. The van der Waals surface area contributed by atoms with Crippen molar-refractivity contribution in [2.75, 3.05) is 7.11 Å². The minimum atomic E-state index is 0.260. The zero-order chi connectivity index (χ0) is 13.7. The van der Waals surface area contributed by atoms with Crippen LogP contribution in [-0.4, -0.2) is 19.1 Å². The van der Waals surface area contributed by atoms with Gasteiger partial charge in [-0.15, -0.1) is 0 Å². The number of nitrogens with one attached hydrogen (secondary N) is 1. The molecule has 6 heteroatoms. The van der Waals surface area contributed by atoms with Crippen molar-refractivity contribution in [2.24, 2.45) is 10.7 Å². The Hall–Kier alpha value is -0.690. The topological polar surface area (TPSA) is 59.6 Å². The first-order valence-corrected chi connectivity index (χ1v) is 6.98. The first kappa shape index (κ1) is 15.4. The third kappa shape index (κ3) is 4.53. The predicted octanol–water partition coefficient (Wildman–Crippen LogP) is 2.77. The highest BCUT2D eigenvalue weighted by Crippen LogP contribution is 2.28. The molecule has 0 saturated heterocycles. The van der Waals surface area contributed by atoms with Crippen molar-refractivity contribution in [3.63, 3.8) is 0 Å². The summed E-state index contributed by atoms with van der Waals surface area (Å²) in [7, 11) is 1.63. The Labute approximate surface area is 126 Å². The molecule has 3 N–H and O–H groups in total. The van der Waals surface area contributed by atoms with E-state index >= 15 is 0 Å². The van der Waals surface area contributed by atoms with Crippen LogP contribution in [-0.2, 0) is 6.54 Å². The maximum absolute atomic E-state index is 6.08. The minimum Gasteiger partial charge on any atom is -0.496 e. The lowest BCUT2D eigenvalue weighted by Gasteiger charge is -2.11. The van der Waals surface area contributed by atoms with Gasteiger partial charge in [0.15, 0.2) is 5.96 Å². The van der Waals surface area contributed by atoms with Crippen molar-refractivity contribution in [3.8, 4) is 5.75 Å². The van der Waals surface area contributed by atoms with E-state index in [0.29, 0.717) is 17.5 Å². The summed E-state index contributed by atoms with van der Waals surface area (Å²) in [6.07, 6.45) is 0. The Bertz CT molecular complexity index is 449. The standard InChI is InChI=1S/C12H17ClIN3O/c1-7(2)17-12(15)16-6-8-4-9(13)10(14)5-11(8)18-3/h4-5,7H,6H2,1-3H3,(H3,15,16,17). The molecule has 0 aliphatic heterocycles. The maximum atomic E-state index is 6.08. The van der Waals surface area contributed by atoms with Gasteiger partial charge < -0.3 is 15.8 Å². The van der Waals surface area contributed by atoms with Crippen LogP contribution in [0.25, 0.3) is 0 Å². The Balaban J connectivity index is 2.87. The Morgan fingerprint density at radius 2 is 2.22 bits per heavy atom. The van der Waals surface area contributed by atoms with Crippen molar-refractivity contribution >= 4 is 40.2 Å². The molecule has 4 nitrogen and oxygen atoms in total. The molecule has 1 aromatic carbocycles. The molecule has 0 radical (unpaired) electrons. The lowest BCUT2D eigenvalue weighted by atomic mass is 10.2. The highest BCUT2D eigenvalue weighted by molar-refractivity contribution is 14.1. The summed E-state index contributed by atoms with van der Waals surface area (Å²) in [6.45, 7) is 4.45. The fourth-order valence-corrected chi connectivity index (χ4v) is 2.02. The molecule has 0 unspecified atom stereocenters. The number of nitrogens with two attached hydrogens (primary N) is 1. The SMILES string of the molecule is COc1cc(I)c(Cl)cc1CN=C(N)NC(C)C. The van der Waals surface area contributed by atoms with Gasteiger partial charge >= 0.3 is 0 Å². The molecule has 18 heavy (non-hydrogen) atoms. The lowest BCUT2D eigenvalue weighted by molar-refractivity contribution is 0.409. The number of ether oxygens (including phenoxy) is 1. The molecule has 0 aliphatic rings. The molecule has 1 aromatic rings. The second-order valence-corrected chi connectivity index (χ2v) is 5.65. The number of hydrogen-bond donors (Lipinski definition) is 2. The summed E-state index contributed by atoms with van der Waals surface area (Å²) in [5, 5.41) is 3.72. The monoisotopic (exact) mass is 381 g/mol. The fraction of sp³-hybridized carbons (Fsp3) is 0.417. The van der Waals surface area contributed by atoms with Crippen LogP contribution in [0.2, 0.25) is 5.02 Å². The molecule has 0 heterocycles. The smallest absolute Gasteiger partial charge is 0.189 e. The largest absolute Gasteiger partial charge is 0.496 e. The summed E-state index contributed by atoms with van der Waals surface area (Å²) in [4.78, 5) is 4.26. The number of benzene rings is 1. The van der Waals surface area contributed by atoms with Crippen LogP contribution in [0.4, 0.5) is 0 Å². The fourth-order valence-electron chi connectivity index (χ4n) is 1.40. The second kappa shape index (κ2) is 7.04. The Morgan fingerprint density at radius 1 is 1.56 bits per heavy atom. The zero-order valence-corrected chi connectivity index (χ0v) is 13.5. The van der Waals surface area contributed by atoms with Crippen molar-refractivity contribution in [1.82, 2.24) is 5.32 Å². The molecule has 100 valence electrons. The number of aliphatic imine (C=N–C) groups is 1. The highest BCUT2D eigenvalue weighted by Gasteiger charge is 2.07. The van der Waals surface area contributed by atoms with Gasteiger partial charge in [0.25, 0.3) is 0 Å². The van der Waals surface area contributed by atoms with E-state index in [2.05, 4.69) is 32.9 Å². The molecule has 0 bridgehead atoms. The highest BCUT2D eigenvalue weighted by atomic mass is 127. The number of guanidine groups is 1. The molecule has 0 amide bonds. The molecule has 0 fully saturated rings. The van der Waals surface area contributed by atoms with Crippen LogP contribution < -0.4 is 15.8 Å². The normalized spacial score (nSPS) is 11.8. The number of hydrogen-bond acceptors (Lipinski definition) is 2. The average Bonchev–Trinajstić information content (AvgIpc) is 2.29. The summed E-state index contributed by atoms with van der Waals surface area (Å²) in [6, 6.07) is 4.00.